The summed E-state index contributed by atoms with van der Waals surface area (Å²) in [5, 5.41) is 4.49. The molecular weight excluding hydrogens is 707 g/mol. The Morgan fingerprint density at radius 3 is 1.88 bits per heavy atom. The second-order valence-corrected chi connectivity index (χ2v) is 14.8. The smallest absolute Gasteiger partial charge is 0.205 e. The largest absolute Gasteiger partial charge is 0.398 e. The van der Waals surface area contributed by atoms with Gasteiger partial charge in [0.25, 0.3) is 0 Å². The lowest BCUT2D eigenvalue weighted by Crippen LogP contribution is -2.23. The van der Waals surface area contributed by atoms with Crippen LogP contribution in [-0.2, 0) is 6.42 Å². The summed E-state index contributed by atoms with van der Waals surface area (Å²) in [4.78, 5) is 5.33. The van der Waals surface area contributed by atoms with E-state index in [1.54, 1.807) is 0 Å². The normalized spacial score (nSPS) is 12.3. The van der Waals surface area contributed by atoms with E-state index in [1.807, 2.05) is 18.2 Å². The predicted octanol–water partition coefficient (Wildman–Crippen LogP) is 12.6. The van der Waals surface area contributed by atoms with Crippen molar-refractivity contribution in [2.75, 3.05) is 5.73 Å². The van der Waals surface area contributed by atoms with Crippen molar-refractivity contribution < 1.29 is 0 Å². The SMILES string of the molecule is Cc1c(N)ccc2c1c1cccc(-n3c4ccccc4c4cc(-c5ccccc5)ccc43)c1n2C(N)=N/C(=C\Cc1ccccc1)c1ccc(-c2ccccc2)cc1. The first-order valence-electron chi connectivity index (χ1n) is 19.7. The van der Waals surface area contributed by atoms with E-state index in [9.17, 15) is 0 Å². The highest BCUT2D eigenvalue weighted by molar-refractivity contribution is 6.20. The van der Waals surface area contributed by atoms with Crippen molar-refractivity contribution in [2.45, 2.75) is 13.3 Å². The maximum atomic E-state index is 7.35. The van der Waals surface area contributed by atoms with Crippen molar-refractivity contribution in [3.05, 3.63) is 211 Å². The third-order valence-electron chi connectivity index (χ3n) is 11.4. The fraction of sp³-hybridized carbons (Fsp3) is 0.0377. The number of para-hydroxylation sites is 2. The van der Waals surface area contributed by atoms with E-state index in [1.165, 1.54) is 33.0 Å². The number of hydrogen-bond acceptors (Lipinski definition) is 2. The Morgan fingerprint density at radius 1 is 0.552 bits per heavy atom. The van der Waals surface area contributed by atoms with E-state index in [0.717, 1.165) is 66.6 Å². The van der Waals surface area contributed by atoms with E-state index in [0.29, 0.717) is 12.4 Å². The Labute approximate surface area is 337 Å². The Morgan fingerprint density at radius 2 is 1.14 bits per heavy atom. The van der Waals surface area contributed by atoms with Gasteiger partial charge < -0.3 is 16.0 Å². The zero-order valence-corrected chi connectivity index (χ0v) is 32.2. The minimum Gasteiger partial charge on any atom is -0.398 e. The standard InChI is InChI=1S/C53H41N5/c1-35-45(54)30-33-49-51(35)43-21-13-23-50(57-47-22-12-11-20-42(47)44-34-41(29-32-48(44)57)38-18-9-4-10-19-38)52(43)58(49)53(55)56-46(31-24-36-14-5-2-6-15-36)40-27-25-39(26-28-40)37-16-7-3-8-17-37/h2-23,25-34H,24,54H2,1H3,(H2,55,56)/b46-31-. The molecule has 0 spiro atoms. The van der Waals surface area contributed by atoms with Gasteiger partial charge in [0.15, 0.2) is 0 Å². The van der Waals surface area contributed by atoms with Crippen LogP contribution in [0.15, 0.2) is 199 Å². The van der Waals surface area contributed by atoms with E-state index < -0.39 is 0 Å². The van der Waals surface area contributed by atoms with Crippen LogP contribution < -0.4 is 11.5 Å². The average Bonchev–Trinajstić information content (AvgIpc) is 3.80. The number of aliphatic imine (C=N–C) groups is 1. The van der Waals surface area contributed by atoms with E-state index in [-0.39, 0.29) is 0 Å². The van der Waals surface area contributed by atoms with Crippen molar-refractivity contribution in [1.82, 2.24) is 9.13 Å². The van der Waals surface area contributed by atoms with Crippen LogP contribution in [0.5, 0.6) is 0 Å². The van der Waals surface area contributed by atoms with Crippen LogP contribution in [0.2, 0.25) is 0 Å². The van der Waals surface area contributed by atoms with Crippen molar-refractivity contribution >= 4 is 61.0 Å². The van der Waals surface area contributed by atoms with Crippen molar-refractivity contribution in [1.29, 1.82) is 0 Å². The molecule has 0 unspecified atom stereocenters. The lowest BCUT2D eigenvalue weighted by molar-refractivity contribution is 1.15. The average molecular weight is 748 g/mol. The van der Waals surface area contributed by atoms with Gasteiger partial charge in [-0.3, -0.25) is 4.57 Å². The number of aryl methyl sites for hydroxylation is 1. The third kappa shape index (κ3) is 6.01. The van der Waals surface area contributed by atoms with Gasteiger partial charge in [-0.2, -0.15) is 0 Å². The first-order valence-corrected chi connectivity index (χ1v) is 19.7. The molecule has 10 aromatic rings. The van der Waals surface area contributed by atoms with Crippen LogP contribution in [0.25, 0.3) is 77.2 Å². The fourth-order valence-corrected chi connectivity index (χ4v) is 8.48. The van der Waals surface area contributed by atoms with Crippen LogP contribution in [-0.4, -0.2) is 15.1 Å². The molecular formula is C53H41N5. The minimum atomic E-state index is 0.371. The number of allylic oxidation sites excluding steroid dienone is 1. The number of hydrogen-bond donors (Lipinski definition) is 2. The van der Waals surface area contributed by atoms with Gasteiger partial charge in [0.1, 0.15) is 0 Å². The highest BCUT2D eigenvalue weighted by Gasteiger charge is 2.22. The number of nitrogens with zero attached hydrogens (tertiary/aromatic N) is 3. The Balaban J connectivity index is 1.21. The van der Waals surface area contributed by atoms with Crippen LogP contribution in [0, 0.1) is 6.92 Å². The first-order chi connectivity index (χ1) is 28.5. The molecule has 0 aliphatic rings. The summed E-state index contributed by atoms with van der Waals surface area (Å²) in [7, 11) is 0. The lowest BCUT2D eigenvalue weighted by atomic mass is 10.0. The summed E-state index contributed by atoms with van der Waals surface area (Å²) in [5.74, 6) is 0.371. The molecule has 2 aromatic heterocycles. The van der Waals surface area contributed by atoms with E-state index >= 15 is 0 Å². The Bertz CT molecular complexity index is 3190. The Hall–Kier alpha value is -7.63. The molecule has 4 N–H and O–H groups in total. The molecule has 0 saturated heterocycles. The number of anilines is 1. The fourth-order valence-electron chi connectivity index (χ4n) is 8.48. The summed E-state index contributed by atoms with van der Waals surface area (Å²) in [5.41, 5.74) is 28.5. The molecule has 0 bridgehead atoms. The van der Waals surface area contributed by atoms with Gasteiger partial charge >= 0.3 is 0 Å². The molecule has 0 saturated carbocycles. The summed E-state index contributed by atoms with van der Waals surface area (Å²) >= 11 is 0. The van der Waals surface area contributed by atoms with Gasteiger partial charge in [0, 0.05) is 27.2 Å². The van der Waals surface area contributed by atoms with Crippen LogP contribution >= 0.6 is 0 Å². The molecule has 8 aromatic carbocycles. The molecule has 5 nitrogen and oxygen atoms in total. The predicted molar refractivity (Wildman–Crippen MR) is 245 cm³/mol. The zero-order chi connectivity index (χ0) is 39.2. The molecule has 5 heteroatoms. The van der Waals surface area contributed by atoms with Gasteiger partial charge in [-0.1, -0.05) is 158 Å². The van der Waals surface area contributed by atoms with Crippen LogP contribution in [0.1, 0.15) is 16.7 Å². The molecule has 0 aliphatic heterocycles. The first kappa shape index (κ1) is 34.8. The van der Waals surface area contributed by atoms with Gasteiger partial charge in [-0.25, -0.2) is 4.99 Å². The number of rotatable bonds is 7. The molecule has 2 heterocycles. The molecule has 0 amide bonds. The van der Waals surface area contributed by atoms with Crippen LogP contribution in [0.4, 0.5) is 5.69 Å². The molecule has 278 valence electrons. The summed E-state index contributed by atoms with van der Waals surface area (Å²) in [6, 6.07) is 66.0. The second-order valence-electron chi connectivity index (χ2n) is 14.8. The van der Waals surface area contributed by atoms with Crippen molar-refractivity contribution in [3.63, 3.8) is 0 Å². The molecule has 0 radical (unpaired) electrons. The third-order valence-corrected chi connectivity index (χ3v) is 11.4. The lowest BCUT2D eigenvalue weighted by Gasteiger charge is -2.15. The van der Waals surface area contributed by atoms with Gasteiger partial charge in [0.05, 0.1) is 33.5 Å². The van der Waals surface area contributed by atoms with Crippen molar-refractivity contribution in [3.8, 4) is 27.9 Å². The number of nitrogen functional groups attached to an aromatic ring is 1. The molecule has 0 aliphatic carbocycles. The number of benzene rings is 8. The van der Waals surface area contributed by atoms with Crippen molar-refractivity contribution in [2.24, 2.45) is 10.7 Å². The van der Waals surface area contributed by atoms with E-state index in [2.05, 4.69) is 192 Å². The number of aromatic nitrogens is 2. The molecule has 58 heavy (non-hydrogen) atoms. The summed E-state index contributed by atoms with van der Waals surface area (Å²) in [6.45, 7) is 2.09. The summed E-state index contributed by atoms with van der Waals surface area (Å²) in [6.07, 6.45) is 2.88. The Kier molecular flexibility index (Phi) is 8.68. The quantitative estimate of drug-likeness (QED) is 0.0968. The maximum absolute atomic E-state index is 7.35. The monoisotopic (exact) mass is 747 g/mol. The van der Waals surface area contributed by atoms with Gasteiger partial charge in [-0.05, 0) is 88.7 Å². The second kappa shape index (κ2) is 14.5. The summed E-state index contributed by atoms with van der Waals surface area (Å²) < 4.78 is 4.50. The highest BCUT2D eigenvalue weighted by Crippen LogP contribution is 2.41. The zero-order valence-electron chi connectivity index (χ0n) is 32.2. The van der Waals surface area contributed by atoms with Gasteiger partial charge in [0.2, 0.25) is 5.96 Å². The number of fused-ring (bicyclic) bond motifs is 6. The molecule has 0 atom stereocenters. The van der Waals surface area contributed by atoms with Gasteiger partial charge in [-0.15, -0.1) is 0 Å². The maximum Gasteiger partial charge on any atom is 0.205 e. The minimum absolute atomic E-state index is 0.371. The molecule has 10 rings (SSSR count). The topological polar surface area (TPSA) is 74.3 Å². The van der Waals surface area contributed by atoms with Crippen LogP contribution in [0.3, 0.4) is 0 Å². The number of nitrogens with two attached hydrogens (primary N) is 2. The van der Waals surface area contributed by atoms with E-state index in [4.69, 9.17) is 16.5 Å². The molecule has 0 fully saturated rings. The highest BCUT2D eigenvalue weighted by atomic mass is 15.2.